The molecule has 0 N–H and O–H groups in total. The fraction of sp³-hybridized carbons (Fsp3) is 0.167. The predicted molar refractivity (Wildman–Crippen MR) is 114 cm³/mol. The maximum atomic E-state index is 13.4. The van der Waals surface area contributed by atoms with E-state index in [0.29, 0.717) is 5.02 Å². The molecule has 0 fully saturated rings. The summed E-state index contributed by atoms with van der Waals surface area (Å²) in [7, 11) is 0. The minimum absolute atomic E-state index is 0.0192. The molecule has 0 saturated carbocycles. The van der Waals surface area contributed by atoms with E-state index in [1.807, 2.05) is 92.7 Å². The average Bonchev–Trinajstić information content (AvgIpc) is 3.08. The number of benzene rings is 3. The van der Waals surface area contributed by atoms with Crippen molar-refractivity contribution in [3.63, 3.8) is 0 Å². The number of hydrogen-bond acceptors (Lipinski definition) is 2. The molecule has 1 aliphatic rings. The third-order valence-corrected chi connectivity index (χ3v) is 5.62. The standard InChI is InChI=1S/C24H21ClN2O/c1-16-13-14-20(15-21(16)25)17(2)27-24(28)22(18-9-5-3-6-10-18)23(26-27)19-11-7-4-8-12-19/h3-15,17,22H,1-2H3. The zero-order chi connectivity index (χ0) is 19.7. The minimum Gasteiger partial charge on any atom is -0.272 e. The van der Waals surface area contributed by atoms with Gasteiger partial charge in [0.1, 0.15) is 5.92 Å². The number of carbonyl (C=O) groups is 1. The average molecular weight is 389 g/mol. The second kappa shape index (κ2) is 7.61. The van der Waals surface area contributed by atoms with E-state index in [0.717, 1.165) is 28.0 Å². The van der Waals surface area contributed by atoms with E-state index in [4.69, 9.17) is 16.7 Å². The highest BCUT2D eigenvalue weighted by molar-refractivity contribution is 6.31. The number of nitrogens with zero attached hydrogens (tertiary/aromatic N) is 2. The molecule has 0 saturated heterocycles. The number of hydrazone groups is 1. The summed E-state index contributed by atoms with van der Waals surface area (Å²) in [6.45, 7) is 3.95. The Morgan fingerprint density at radius 1 is 0.964 bits per heavy atom. The highest BCUT2D eigenvalue weighted by Crippen LogP contribution is 2.35. The van der Waals surface area contributed by atoms with Crippen LogP contribution in [-0.2, 0) is 4.79 Å². The normalized spacial score (nSPS) is 17.5. The Labute approximate surface area is 170 Å². The van der Waals surface area contributed by atoms with Crippen molar-refractivity contribution >= 4 is 23.2 Å². The number of aryl methyl sites for hydroxylation is 1. The van der Waals surface area contributed by atoms with Crippen LogP contribution in [0.25, 0.3) is 0 Å². The van der Waals surface area contributed by atoms with Gasteiger partial charge < -0.3 is 0 Å². The van der Waals surface area contributed by atoms with Crippen LogP contribution in [0.2, 0.25) is 5.02 Å². The number of halogens is 1. The molecule has 4 heteroatoms. The molecule has 0 aromatic heterocycles. The van der Waals surface area contributed by atoms with Crippen LogP contribution in [0.15, 0.2) is 84.0 Å². The monoisotopic (exact) mass is 388 g/mol. The molecule has 0 bridgehead atoms. The van der Waals surface area contributed by atoms with Gasteiger partial charge >= 0.3 is 0 Å². The van der Waals surface area contributed by atoms with Gasteiger partial charge in [-0.3, -0.25) is 4.79 Å². The van der Waals surface area contributed by atoms with Gasteiger partial charge in [0, 0.05) is 5.02 Å². The number of amides is 1. The predicted octanol–water partition coefficient (Wildman–Crippen LogP) is 5.74. The van der Waals surface area contributed by atoms with E-state index < -0.39 is 5.92 Å². The lowest BCUT2D eigenvalue weighted by Gasteiger charge is -2.22. The third-order valence-electron chi connectivity index (χ3n) is 5.21. The van der Waals surface area contributed by atoms with Crippen LogP contribution in [-0.4, -0.2) is 16.6 Å². The van der Waals surface area contributed by atoms with Gasteiger partial charge in [-0.25, -0.2) is 5.01 Å². The summed E-state index contributed by atoms with van der Waals surface area (Å²) in [5, 5.41) is 7.08. The van der Waals surface area contributed by atoms with Crippen molar-refractivity contribution in [3.8, 4) is 0 Å². The fourth-order valence-corrected chi connectivity index (χ4v) is 3.73. The van der Waals surface area contributed by atoms with Crippen molar-refractivity contribution in [3.05, 3.63) is 106 Å². The summed E-state index contributed by atoms with van der Waals surface area (Å²) in [6.07, 6.45) is 0. The molecule has 0 radical (unpaired) electrons. The van der Waals surface area contributed by atoms with Gasteiger partial charge in [0.15, 0.2) is 0 Å². The molecule has 140 valence electrons. The smallest absolute Gasteiger partial charge is 0.256 e. The maximum absolute atomic E-state index is 13.4. The summed E-state index contributed by atoms with van der Waals surface area (Å²) in [5.41, 5.74) is 4.67. The van der Waals surface area contributed by atoms with Crippen molar-refractivity contribution in [2.45, 2.75) is 25.8 Å². The molecule has 0 aliphatic carbocycles. The highest BCUT2D eigenvalue weighted by atomic mass is 35.5. The molecular formula is C24H21ClN2O. The van der Waals surface area contributed by atoms with Crippen molar-refractivity contribution in [1.82, 2.24) is 5.01 Å². The van der Waals surface area contributed by atoms with Gasteiger partial charge in [0.25, 0.3) is 5.91 Å². The Bertz CT molecular complexity index is 1030. The van der Waals surface area contributed by atoms with Crippen LogP contribution in [0, 0.1) is 6.92 Å². The maximum Gasteiger partial charge on any atom is 0.256 e. The topological polar surface area (TPSA) is 32.7 Å². The Balaban J connectivity index is 1.77. The first-order chi connectivity index (χ1) is 13.6. The third kappa shape index (κ3) is 3.34. The number of carbonyl (C=O) groups excluding carboxylic acids is 1. The number of rotatable bonds is 4. The molecule has 0 spiro atoms. The Kier molecular flexibility index (Phi) is 5.01. The fourth-order valence-electron chi connectivity index (χ4n) is 3.54. The van der Waals surface area contributed by atoms with Gasteiger partial charge in [-0.2, -0.15) is 5.10 Å². The lowest BCUT2D eigenvalue weighted by molar-refractivity contribution is -0.131. The van der Waals surface area contributed by atoms with Crippen molar-refractivity contribution in [2.75, 3.05) is 0 Å². The van der Waals surface area contributed by atoms with Crippen LogP contribution in [0.4, 0.5) is 0 Å². The summed E-state index contributed by atoms with van der Waals surface area (Å²) in [4.78, 5) is 13.4. The minimum atomic E-state index is -0.410. The highest BCUT2D eigenvalue weighted by Gasteiger charge is 2.40. The molecule has 3 aromatic rings. The van der Waals surface area contributed by atoms with Crippen LogP contribution in [0.5, 0.6) is 0 Å². The zero-order valence-electron chi connectivity index (χ0n) is 15.8. The lowest BCUT2D eigenvalue weighted by Crippen LogP contribution is -2.28. The molecule has 1 aliphatic heterocycles. The van der Waals surface area contributed by atoms with Crippen LogP contribution < -0.4 is 0 Å². The van der Waals surface area contributed by atoms with E-state index in [-0.39, 0.29) is 11.9 Å². The van der Waals surface area contributed by atoms with E-state index in [1.54, 1.807) is 5.01 Å². The summed E-state index contributed by atoms with van der Waals surface area (Å²) in [5.74, 6) is -0.429. The Hall–Kier alpha value is -2.91. The molecule has 3 aromatic carbocycles. The second-order valence-electron chi connectivity index (χ2n) is 7.06. The Morgan fingerprint density at radius 3 is 2.25 bits per heavy atom. The molecule has 2 unspecified atom stereocenters. The zero-order valence-corrected chi connectivity index (χ0v) is 16.6. The van der Waals surface area contributed by atoms with E-state index >= 15 is 0 Å². The van der Waals surface area contributed by atoms with E-state index in [1.165, 1.54) is 0 Å². The van der Waals surface area contributed by atoms with Crippen LogP contribution >= 0.6 is 11.6 Å². The molecule has 4 rings (SSSR count). The van der Waals surface area contributed by atoms with Gasteiger partial charge in [0.05, 0.1) is 11.8 Å². The van der Waals surface area contributed by atoms with Gasteiger partial charge in [-0.1, -0.05) is 84.4 Å². The quantitative estimate of drug-likeness (QED) is 0.561. The second-order valence-corrected chi connectivity index (χ2v) is 7.47. The van der Waals surface area contributed by atoms with Crippen LogP contribution in [0.3, 0.4) is 0 Å². The van der Waals surface area contributed by atoms with E-state index in [9.17, 15) is 4.79 Å². The van der Waals surface area contributed by atoms with Crippen LogP contribution in [0.1, 0.15) is 41.1 Å². The largest absolute Gasteiger partial charge is 0.272 e. The Morgan fingerprint density at radius 2 is 1.61 bits per heavy atom. The lowest BCUT2D eigenvalue weighted by atomic mass is 9.90. The molecule has 1 heterocycles. The first-order valence-electron chi connectivity index (χ1n) is 9.34. The first kappa shape index (κ1) is 18.5. The number of hydrogen-bond donors (Lipinski definition) is 0. The molecular weight excluding hydrogens is 368 g/mol. The van der Waals surface area contributed by atoms with Crippen molar-refractivity contribution in [1.29, 1.82) is 0 Å². The van der Waals surface area contributed by atoms with E-state index in [2.05, 4.69) is 0 Å². The van der Waals surface area contributed by atoms with Gasteiger partial charge in [0.2, 0.25) is 0 Å². The molecule has 2 atom stereocenters. The SMILES string of the molecule is Cc1ccc(C(C)N2N=C(c3ccccc3)C(c3ccccc3)C2=O)cc1Cl. The summed E-state index contributed by atoms with van der Waals surface area (Å²) < 4.78 is 0. The first-order valence-corrected chi connectivity index (χ1v) is 9.72. The van der Waals surface area contributed by atoms with Gasteiger partial charge in [-0.15, -0.1) is 0 Å². The van der Waals surface area contributed by atoms with Crippen molar-refractivity contribution < 1.29 is 4.79 Å². The summed E-state index contributed by atoms with van der Waals surface area (Å²) in [6, 6.07) is 25.4. The molecule has 3 nitrogen and oxygen atoms in total. The van der Waals surface area contributed by atoms with Gasteiger partial charge in [-0.05, 0) is 42.2 Å². The summed E-state index contributed by atoms with van der Waals surface area (Å²) >= 11 is 6.31. The molecule has 1 amide bonds. The van der Waals surface area contributed by atoms with Crippen molar-refractivity contribution in [2.24, 2.45) is 5.10 Å². The molecule has 28 heavy (non-hydrogen) atoms.